The highest BCUT2D eigenvalue weighted by Crippen LogP contribution is 2.44. The third-order valence-corrected chi connectivity index (χ3v) is 7.81. The summed E-state index contributed by atoms with van der Waals surface area (Å²) in [7, 11) is 1.70. The van der Waals surface area contributed by atoms with Crippen molar-refractivity contribution in [2.45, 2.75) is 66.0 Å². The summed E-state index contributed by atoms with van der Waals surface area (Å²) in [5.74, 6) is 1.34. The first-order valence-corrected chi connectivity index (χ1v) is 12.8. The topological polar surface area (TPSA) is 71.4 Å². The number of carboxylic acids is 1. The zero-order valence-electron chi connectivity index (χ0n) is 22.0. The van der Waals surface area contributed by atoms with Crippen molar-refractivity contribution in [2.75, 3.05) is 20.2 Å². The van der Waals surface area contributed by atoms with Crippen molar-refractivity contribution < 1.29 is 19.4 Å². The molecule has 6 nitrogen and oxygen atoms in total. The number of rotatable bonds is 12. The van der Waals surface area contributed by atoms with Gasteiger partial charge in [-0.05, 0) is 102 Å². The van der Waals surface area contributed by atoms with E-state index in [4.69, 9.17) is 9.47 Å². The summed E-state index contributed by atoms with van der Waals surface area (Å²) in [5.41, 5.74) is 4.19. The number of likely N-dealkylation sites (tertiary alicyclic amines) is 1. The molecule has 1 N–H and O–H groups in total. The third kappa shape index (κ3) is 6.75. The molecule has 6 heteroatoms. The van der Waals surface area contributed by atoms with E-state index in [-0.39, 0.29) is 12.0 Å². The Kier molecular flexibility index (Phi) is 9.17. The molecule has 1 aliphatic carbocycles. The number of benzene rings is 1. The highest BCUT2D eigenvalue weighted by Gasteiger charge is 2.38. The predicted molar refractivity (Wildman–Crippen MR) is 141 cm³/mol. The van der Waals surface area contributed by atoms with Gasteiger partial charge in [0, 0.05) is 12.1 Å². The van der Waals surface area contributed by atoms with E-state index >= 15 is 0 Å². The first-order valence-electron chi connectivity index (χ1n) is 12.8. The smallest absolute Gasteiger partial charge is 0.306 e. The van der Waals surface area contributed by atoms with Crippen molar-refractivity contribution in [3.8, 4) is 5.75 Å². The van der Waals surface area contributed by atoms with E-state index in [1.54, 1.807) is 7.11 Å². The summed E-state index contributed by atoms with van der Waals surface area (Å²) in [6, 6.07) is 4.03. The number of piperidine rings is 1. The minimum absolute atomic E-state index is 0.0555. The Morgan fingerprint density at radius 3 is 2.43 bits per heavy atom. The van der Waals surface area contributed by atoms with E-state index in [0.717, 1.165) is 73.5 Å². The van der Waals surface area contributed by atoms with Crippen molar-refractivity contribution in [1.29, 1.82) is 0 Å². The number of nitrogens with zero attached hydrogens (tertiary/aromatic N) is 2. The van der Waals surface area contributed by atoms with Crippen molar-refractivity contribution in [3.63, 3.8) is 0 Å². The van der Waals surface area contributed by atoms with Crippen LogP contribution in [0.25, 0.3) is 0 Å². The number of aryl methyl sites for hydroxylation is 1. The zero-order valence-corrected chi connectivity index (χ0v) is 22.0. The summed E-state index contributed by atoms with van der Waals surface area (Å²) in [5, 5.41) is 9.51. The zero-order chi connectivity index (χ0) is 25.7. The summed E-state index contributed by atoms with van der Waals surface area (Å²) in [6.45, 7) is 18.6. The Labute approximate surface area is 210 Å². The van der Waals surface area contributed by atoms with E-state index in [1.807, 2.05) is 32.1 Å². The minimum Gasteiger partial charge on any atom is -0.496 e. The highest BCUT2D eigenvalue weighted by atomic mass is 16.5. The lowest BCUT2D eigenvalue weighted by atomic mass is 9.83. The monoisotopic (exact) mass is 482 g/mol. The summed E-state index contributed by atoms with van der Waals surface area (Å²) < 4.78 is 11.8. The molecule has 3 atom stereocenters. The molecule has 3 rings (SSSR count). The lowest BCUT2D eigenvalue weighted by Crippen LogP contribution is -2.37. The maximum atomic E-state index is 11.6. The van der Waals surface area contributed by atoms with Crippen LogP contribution in [0.15, 0.2) is 41.1 Å². The number of carboxylic acid groups (broad SMARTS) is 1. The number of ether oxygens (including phenoxy) is 2. The van der Waals surface area contributed by atoms with Gasteiger partial charge in [-0.3, -0.25) is 14.7 Å². The Hall–Kier alpha value is -2.60. The highest BCUT2D eigenvalue weighted by molar-refractivity contribution is 5.70. The molecule has 1 saturated heterocycles. The maximum Gasteiger partial charge on any atom is 0.306 e. The van der Waals surface area contributed by atoms with Gasteiger partial charge < -0.3 is 14.6 Å². The van der Waals surface area contributed by atoms with Crippen LogP contribution in [-0.4, -0.2) is 49.0 Å². The molecule has 1 aliphatic heterocycles. The largest absolute Gasteiger partial charge is 0.496 e. The molecule has 0 unspecified atom stereocenters. The Balaban J connectivity index is 1.55. The Bertz CT molecular complexity index is 958. The molecular formula is C29H42N2O4. The molecule has 1 saturated carbocycles. The molecule has 0 bridgehead atoms. The Morgan fingerprint density at radius 2 is 1.89 bits per heavy atom. The fraction of sp³-hybridized carbons (Fsp3) is 0.586. The van der Waals surface area contributed by atoms with Gasteiger partial charge in [0.15, 0.2) is 0 Å². The number of carbonyl (C=O) groups is 1. The average molecular weight is 483 g/mol. The van der Waals surface area contributed by atoms with Crippen molar-refractivity contribution >= 4 is 18.4 Å². The molecule has 0 amide bonds. The van der Waals surface area contributed by atoms with Gasteiger partial charge in [0.05, 0.1) is 24.8 Å². The number of aliphatic imine (C=N–C) groups is 1. The van der Waals surface area contributed by atoms with E-state index in [0.29, 0.717) is 17.6 Å². The van der Waals surface area contributed by atoms with Gasteiger partial charge in [0.2, 0.25) is 0 Å². The standard InChI is InChI=1S/C29H42N2O4/c1-18-8-11-26(34-7)25(28(18)30-6)17-31-14-12-23(13-15-31)22(5)35-20(3)16-19(2)27(24-9-10-24)21(4)29(32)33/h8,11,16,21-24,27H,3,6,9-10,12-15,17H2,1-2,4-5,7H3,(H,32,33)/b19-16+/t21-,22+,27-/m0/s1. The fourth-order valence-corrected chi connectivity index (χ4v) is 5.61. The van der Waals surface area contributed by atoms with Crippen LogP contribution in [0.4, 0.5) is 5.69 Å². The molecule has 0 radical (unpaired) electrons. The van der Waals surface area contributed by atoms with E-state index in [9.17, 15) is 9.90 Å². The van der Waals surface area contributed by atoms with Crippen molar-refractivity contribution in [3.05, 3.63) is 47.2 Å². The maximum absolute atomic E-state index is 11.6. The summed E-state index contributed by atoms with van der Waals surface area (Å²) in [6.07, 6.45) is 6.32. The minimum atomic E-state index is -0.736. The molecule has 0 spiro atoms. The van der Waals surface area contributed by atoms with Gasteiger partial charge in [0.25, 0.3) is 0 Å². The molecule has 1 heterocycles. The fourth-order valence-electron chi connectivity index (χ4n) is 5.61. The molecule has 2 fully saturated rings. The molecule has 2 aliphatic rings. The lowest BCUT2D eigenvalue weighted by Gasteiger charge is -2.35. The predicted octanol–water partition coefficient (Wildman–Crippen LogP) is 6.16. The van der Waals surface area contributed by atoms with Gasteiger partial charge in [-0.1, -0.05) is 25.1 Å². The normalized spacial score (nSPS) is 20.1. The molecule has 0 aromatic heterocycles. The second-order valence-electron chi connectivity index (χ2n) is 10.4. The van der Waals surface area contributed by atoms with Crippen LogP contribution in [0.3, 0.4) is 0 Å². The summed E-state index contributed by atoms with van der Waals surface area (Å²) >= 11 is 0. The molecule has 192 valence electrons. The van der Waals surface area contributed by atoms with Crippen LogP contribution in [0, 0.1) is 30.6 Å². The molecule has 1 aromatic rings. The first kappa shape index (κ1) is 27.0. The van der Waals surface area contributed by atoms with E-state index < -0.39 is 11.9 Å². The number of methoxy groups -OCH3 is 1. The van der Waals surface area contributed by atoms with Gasteiger partial charge >= 0.3 is 5.97 Å². The number of aliphatic carboxylic acids is 1. The second-order valence-corrected chi connectivity index (χ2v) is 10.4. The van der Waals surface area contributed by atoms with Crippen molar-refractivity contribution in [2.24, 2.45) is 28.7 Å². The van der Waals surface area contributed by atoms with E-state index in [1.165, 1.54) is 0 Å². The van der Waals surface area contributed by atoms with Gasteiger partial charge in [-0.15, -0.1) is 0 Å². The molecule has 1 aromatic carbocycles. The molecular weight excluding hydrogens is 440 g/mol. The van der Waals surface area contributed by atoms with Gasteiger partial charge in [-0.25, -0.2) is 0 Å². The van der Waals surface area contributed by atoms with Crippen LogP contribution in [0.5, 0.6) is 5.75 Å². The van der Waals surface area contributed by atoms with Crippen LogP contribution in [0.1, 0.15) is 57.6 Å². The third-order valence-electron chi connectivity index (χ3n) is 7.81. The first-order chi connectivity index (χ1) is 16.7. The van der Waals surface area contributed by atoms with Gasteiger partial charge in [0.1, 0.15) is 11.5 Å². The van der Waals surface area contributed by atoms with Crippen LogP contribution >= 0.6 is 0 Å². The number of allylic oxidation sites excluding steroid dienone is 2. The summed E-state index contributed by atoms with van der Waals surface area (Å²) in [4.78, 5) is 18.3. The van der Waals surface area contributed by atoms with Gasteiger partial charge in [-0.2, -0.15) is 0 Å². The lowest BCUT2D eigenvalue weighted by molar-refractivity contribution is -0.142. The SMILES string of the molecule is C=Nc1c(C)ccc(OC)c1CN1CCC([C@@H](C)OC(=C)/C=C(\C)[C@H](C2CC2)[C@H](C)C(=O)O)CC1. The second kappa shape index (κ2) is 11.9. The Morgan fingerprint density at radius 1 is 1.23 bits per heavy atom. The molecule has 35 heavy (non-hydrogen) atoms. The van der Waals surface area contributed by atoms with Crippen LogP contribution in [-0.2, 0) is 16.1 Å². The van der Waals surface area contributed by atoms with E-state index in [2.05, 4.69) is 37.0 Å². The average Bonchev–Trinajstić information content (AvgIpc) is 3.64. The number of hydrogen-bond acceptors (Lipinski definition) is 5. The van der Waals surface area contributed by atoms with Crippen molar-refractivity contribution in [1.82, 2.24) is 4.90 Å². The number of hydrogen-bond donors (Lipinski definition) is 1. The van der Waals surface area contributed by atoms with Crippen LogP contribution in [0.2, 0.25) is 0 Å². The van der Waals surface area contributed by atoms with Crippen LogP contribution < -0.4 is 4.74 Å². The quantitative estimate of drug-likeness (QED) is 0.219.